The second-order valence-corrected chi connectivity index (χ2v) is 8.92. The number of unbranched alkanes of at least 4 members (excludes halogenated alkanes) is 1. The summed E-state index contributed by atoms with van der Waals surface area (Å²) < 4.78 is 36.2. The summed E-state index contributed by atoms with van der Waals surface area (Å²) in [6.45, 7) is 0.291. The Balaban J connectivity index is 1.91. The van der Waals surface area contributed by atoms with E-state index in [0.29, 0.717) is 24.5 Å². The van der Waals surface area contributed by atoms with Crippen LogP contribution in [0.1, 0.15) is 12.8 Å². The molecular weight excluding hydrogens is 456 g/mol. The minimum Gasteiger partial charge on any atom is -0.395 e. The number of pyridine rings is 1. The number of aliphatic hydroxyl groups excluding tert-OH is 1. The van der Waals surface area contributed by atoms with Gasteiger partial charge in [0.1, 0.15) is 18.2 Å². The van der Waals surface area contributed by atoms with Crippen molar-refractivity contribution in [2.75, 3.05) is 37.1 Å². The predicted octanol–water partition coefficient (Wildman–Crippen LogP) is 0.742. The Bertz CT molecular complexity index is 943. The van der Waals surface area contributed by atoms with Gasteiger partial charge in [0.25, 0.3) is 16.0 Å². The quantitative estimate of drug-likeness (QED) is 0.182. The number of aliphatic hydroxyl groups is 1. The number of hydrogen-bond donors (Lipinski definition) is 2. The van der Waals surface area contributed by atoms with Crippen molar-refractivity contribution in [3.8, 4) is 0 Å². The normalized spacial score (nSPS) is 22.5. The van der Waals surface area contributed by atoms with Gasteiger partial charge >= 0.3 is 0 Å². The van der Waals surface area contributed by atoms with Crippen LogP contribution in [0.15, 0.2) is 35.8 Å². The zero-order chi connectivity index (χ0) is 21.9. The van der Waals surface area contributed by atoms with Crippen molar-refractivity contribution in [3.63, 3.8) is 0 Å². The highest BCUT2D eigenvalue weighted by atomic mass is 35.5. The number of thiocarbonyl (C=S) groups is 1. The van der Waals surface area contributed by atoms with Crippen molar-refractivity contribution in [1.82, 2.24) is 14.8 Å². The number of carbonyl (C=O) groups excluding carboxylic acids is 1. The van der Waals surface area contributed by atoms with E-state index < -0.39 is 21.6 Å². The number of carbonyl (C=O) groups is 1. The minimum absolute atomic E-state index is 0.0763. The molecule has 30 heavy (non-hydrogen) atoms. The largest absolute Gasteiger partial charge is 0.395 e. The van der Waals surface area contributed by atoms with Gasteiger partial charge in [-0.15, -0.1) is 0 Å². The molecule has 2 aliphatic heterocycles. The maximum absolute atomic E-state index is 13.3. The summed E-state index contributed by atoms with van der Waals surface area (Å²) in [5.41, 5.74) is -0.340. The van der Waals surface area contributed by atoms with Gasteiger partial charge < -0.3 is 19.6 Å². The molecule has 2 saturated heterocycles. The molecule has 1 amide bonds. The van der Waals surface area contributed by atoms with Gasteiger partial charge in [-0.3, -0.25) is 9.35 Å². The van der Waals surface area contributed by atoms with Crippen LogP contribution < -0.4 is 4.90 Å². The molecule has 164 valence electrons. The van der Waals surface area contributed by atoms with Crippen molar-refractivity contribution < 1.29 is 27.6 Å². The molecule has 2 aliphatic rings. The fourth-order valence-corrected chi connectivity index (χ4v) is 4.47. The average Bonchev–Trinajstić information content (AvgIpc) is 3.16. The van der Waals surface area contributed by atoms with Crippen LogP contribution in [0.4, 0.5) is 5.82 Å². The van der Waals surface area contributed by atoms with Gasteiger partial charge in [-0.2, -0.15) is 8.42 Å². The van der Waals surface area contributed by atoms with Crippen LogP contribution in [0.3, 0.4) is 0 Å². The lowest BCUT2D eigenvalue weighted by molar-refractivity contribution is -0.114. The van der Waals surface area contributed by atoms with Crippen molar-refractivity contribution in [2.45, 2.75) is 18.4 Å². The Morgan fingerprint density at radius 3 is 2.70 bits per heavy atom. The second kappa shape index (κ2) is 9.54. The maximum Gasteiger partial charge on any atom is 0.284 e. The lowest BCUT2D eigenvalue weighted by atomic mass is 10.2. The number of amides is 1. The Hall–Kier alpha value is -1.83. The first-order valence-corrected chi connectivity index (χ1v) is 11.6. The van der Waals surface area contributed by atoms with Gasteiger partial charge in [-0.25, -0.2) is 9.88 Å². The second-order valence-electron chi connectivity index (χ2n) is 6.59. The van der Waals surface area contributed by atoms with Gasteiger partial charge in [0.15, 0.2) is 10.7 Å². The van der Waals surface area contributed by atoms with E-state index in [1.807, 2.05) is 0 Å². The summed E-state index contributed by atoms with van der Waals surface area (Å²) in [5, 5.41) is 9.67. The Morgan fingerprint density at radius 2 is 2.07 bits per heavy atom. The highest BCUT2D eigenvalue weighted by Gasteiger charge is 2.45. The lowest BCUT2D eigenvalue weighted by Crippen LogP contribution is -2.34. The molecule has 13 heteroatoms. The number of ether oxygens (including phenoxy) is 1. The first-order chi connectivity index (χ1) is 14.2. The molecule has 2 fully saturated rings. The molecule has 2 N–H and O–H groups in total. The average molecular weight is 477 g/mol. The first-order valence-electron chi connectivity index (χ1n) is 9.12. The third-order valence-electron chi connectivity index (χ3n) is 4.56. The summed E-state index contributed by atoms with van der Waals surface area (Å²) >= 11 is 11.8. The van der Waals surface area contributed by atoms with E-state index in [2.05, 4.69) is 4.98 Å². The molecule has 0 aromatic carbocycles. The van der Waals surface area contributed by atoms with Crippen molar-refractivity contribution in [3.05, 3.63) is 35.8 Å². The van der Waals surface area contributed by atoms with Crippen LogP contribution in [0.5, 0.6) is 0 Å². The number of alkyl halides is 1. The lowest BCUT2D eigenvalue weighted by Gasteiger charge is -2.24. The topological polar surface area (TPSA) is 124 Å². The number of anilines is 1. The molecule has 1 atom stereocenters. The van der Waals surface area contributed by atoms with Crippen LogP contribution in [0.25, 0.3) is 0 Å². The number of aromatic nitrogens is 1. The van der Waals surface area contributed by atoms with E-state index in [-0.39, 0.29) is 42.9 Å². The highest BCUT2D eigenvalue weighted by Crippen LogP contribution is 2.35. The van der Waals surface area contributed by atoms with Crippen molar-refractivity contribution >= 4 is 50.8 Å². The molecule has 3 heterocycles. The fourth-order valence-electron chi connectivity index (χ4n) is 3.24. The molecule has 1 unspecified atom stereocenters. The van der Waals surface area contributed by atoms with E-state index in [0.717, 1.165) is 0 Å². The van der Waals surface area contributed by atoms with E-state index in [1.165, 1.54) is 16.0 Å². The van der Waals surface area contributed by atoms with Crippen LogP contribution >= 0.6 is 23.8 Å². The molecule has 1 aromatic heterocycles. The molecule has 0 aliphatic carbocycles. The summed E-state index contributed by atoms with van der Waals surface area (Å²) in [6.07, 6.45) is 2.20. The summed E-state index contributed by atoms with van der Waals surface area (Å²) in [5.74, 6) is -0.456. The minimum atomic E-state index is -4.04. The molecule has 10 nitrogen and oxygen atoms in total. The van der Waals surface area contributed by atoms with E-state index >= 15 is 0 Å². The molecule has 1 aromatic rings. The third kappa shape index (κ3) is 4.90. The standard InChI is InChI=1S/C17H21ClN4O6S2/c18-15-13(20(11-28-15)7-3-4-10-30(25,26)27)14-16(24)22(12-5-1-2-6-19-12)17(29)21(14)8-9-23/h1-2,5-6,15,23H,3-4,7-11H2,(H,25,26,27). The number of halogens is 1. The van der Waals surface area contributed by atoms with Gasteiger partial charge in [0.05, 0.1) is 18.1 Å². The van der Waals surface area contributed by atoms with Crippen molar-refractivity contribution in [1.29, 1.82) is 0 Å². The SMILES string of the molecule is O=C1C(=C2C(Cl)OCN2CCCCS(=O)(=O)O)N(CCO)C(=S)N1c1ccccn1. The zero-order valence-electron chi connectivity index (χ0n) is 15.8. The highest BCUT2D eigenvalue weighted by molar-refractivity contribution is 7.85. The zero-order valence-corrected chi connectivity index (χ0v) is 18.2. The molecule has 0 saturated carbocycles. The fraction of sp³-hybridized carbons (Fsp3) is 0.471. The molecule has 0 radical (unpaired) electrons. The summed E-state index contributed by atoms with van der Waals surface area (Å²) in [7, 11) is -4.04. The number of nitrogens with zero attached hydrogens (tertiary/aromatic N) is 4. The monoisotopic (exact) mass is 476 g/mol. The Kier molecular flexibility index (Phi) is 7.26. The van der Waals surface area contributed by atoms with E-state index in [1.54, 1.807) is 23.1 Å². The van der Waals surface area contributed by atoms with Gasteiger partial charge in [-0.1, -0.05) is 17.7 Å². The predicted molar refractivity (Wildman–Crippen MR) is 113 cm³/mol. The first kappa shape index (κ1) is 22.8. The molecular formula is C17H21ClN4O6S2. The molecule has 0 spiro atoms. The van der Waals surface area contributed by atoms with E-state index in [9.17, 15) is 18.3 Å². The summed E-state index contributed by atoms with van der Waals surface area (Å²) in [6, 6.07) is 5.08. The van der Waals surface area contributed by atoms with E-state index in [4.69, 9.17) is 33.1 Å². The number of β-amino-alcohol motifs (C(OH)–C–C–N with tert-alkyl or cyclic N) is 1. The smallest absolute Gasteiger partial charge is 0.284 e. The van der Waals surface area contributed by atoms with Crippen LogP contribution in [0, 0.1) is 0 Å². The number of hydrogen-bond acceptors (Lipinski definition) is 8. The van der Waals surface area contributed by atoms with Crippen LogP contribution in [-0.4, -0.2) is 81.6 Å². The van der Waals surface area contributed by atoms with Gasteiger partial charge in [0.2, 0.25) is 0 Å². The maximum atomic E-state index is 13.3. The Labute approximate surface area is 184 Å². The van der Waals surface area contributed by atoms with Crippen LogP contribution in [-0.2, 0) is 19.6 Å². The molecule has 3 rings (SSSR count). The number of rotatable bonds is 8. The van der Waals surface area contributed by atoms with Crippen LogP contribution in [0.2, 0.25) is 0 Å². The molecule has 0 bridgehead atoms. The van der Waals surface area contributed by atoms with Crippen molar-refractivity contribution in [2.24, 2.45) is 0 Å². The van der Waals surface area contributed by atoms with Gasteiger partial charge in [-0.05, 0) is 37.2 Å². The summed E-state index contributed by atoms with van der Waals surface area (Å²) in [4.78, 5) is 22.0. The third-order valence-corrected chi connectivity index (χ3v) is 6.10. The van der Waals surface area contributed by atoms with Gasteiger partial charge in [0, 0.05) is 19.3 Å². The Morgan fingerprint density at radius 1 is 1.30 bits per heavy atom.